The predicted octanol–water partition coefficient (Wildman–Crippen LogP) is 2.68. The monoisotopic (exact) mass is 333 g/mol. The number of benzene rings is 1. The Morgan fingerprint density at radius 3 is 2.67 bits per heavy atom. The summed E-state index contributed by atoms with van der Waals surface area (Å²) >= 11 is 0. The van der Waals surface area contributed by atoms with Gasteiger partial charge in [0.25, 0.3) is 5.91 Å². The maximum Gasteiger partial charge on any atom is 0.290 e. The summed E-state index contributed by atoms with van der Waals surface area (Å²) in [6, 6.07) is 4.95. The molecule has 6 heteroatoms. The number of aliphatic hydroxyl groups excluding tert-OH is 1. The van der Waals surface area contributed by atoms with E-state index in [0.717, 1.165) is 12.8 Å². The van der Waals surface area contributed by atoms with Crippen LogP contribution in [-0.2, 0) is 14.3 Å². The minimum Gasteiger partial charge on any atom is -0.503 e. The Bertz CT molecular complexity index is 677. The molecule has 1 aromatic carbocycles. The average Bonchev–Trinajstić information content (AvgIpc) is 3.17. The highest BCUT2D eigenvalue weighted by atomic mass is 19.1. The number of rotatable bonds is 5. The van der Waals surface area contributed by atoms with Gasteiger partial charge in [-0.15, -0.1) is 0 Å². The molecule has 1 fully saturated rings. The number of ketones is 1. The van der Waals surface area contributed by atoms with Crippen molar-refractivity contribution in [2.24, 2.45) is 0 Å². The van der Waals surface area contributed by atoms with Crippen molar-refractivity contribution in [2.75, 3.05) is 13.2 Å². The maximum absolute atomic E-state index is 13.2. The summed E-state index contributed by atoms with van der Waals surface area (Å²) in [7, 11) is 0. The molecule has 2 aliphatic rings. The lowest BCUT2D eigenvalue weighted by atomic mass is 9.95. The number of hydrogen-bond acceptors (Lipinski definition) is 4. The second kappa shape index (κ2) is 6.73. The summed E-state index contributed by atoms with van der Waals surface area (Å²) in [5.41, 5.74) is 0.690. The van der Waals surface area contributed by atoms with Crippen LogP contribution in [0.15, 0.2) is 35.6 Å². The van der Waals surface area contributed by atoms with Gasteiger partial charge in [0.05, 0.1) is 17.7 Å². The van der Waals surface area contributed by atoms with Crippen LogP contribution in [0.4, 0.5) is 4.39 Å². The molecule has 2 aliphatic heterocycles. The van der Waals surface area contributed by atoms with E-state index >= 15 is 0 Å². The summed E-state index contributed by atoms with van der Waals surface area (Å²) in [5, 5.41) is 10.2. The van der Waals surface area contributed by atoms with Crippen LogP contribution >= 0.6 is 0 Å². The van der Waals surface area contributed by atoms with Crippen LogP contribution in [0.1, 0.15) is 37.8 Å². The fourth-order valence-corrected chi connectivity index (χ4v) is 3.32. The Labute approximate surface area is 139 Å². The predicted molar refractivity (Wildman–Crippen MR) is 84.8 cm³/mol. The van der Waals surface area contributed by atoms with Crippen LogP contribution in [0.3, 0.4) is 0 Å². The van der Waals surface area contributed by atoms with E-state index in [9.17, 15) is 19.1 Å². The summed E-state index contributed by atoms with van der Waals surface area (Å²) in [4.78, 5) is 26.3. The van der Waals surface area contributed by atoms with Crippen LogP contribution in [0.25, 0.3) is 0 Å². The zero-order valence-corrected chi connectivity index (χ0v) is 13.5. The molecule has 2 unspecified atom stereocenters. The van der Waals surface area contributed by atoms with Gasteiger partial charge >= 0.3 is 0 Å². The van der Waals surface area contributed by atoms with E-state index in [1.807, 2.05) is 0 Å². The van der Waals surface area contributed by atoms with E-state index in [0.29, 0.717) is 18.7 Å². The van der Waals surface area contributed by atoms with E-state index in [-0.39, 0.29) is 23.9 Å². The number of aliphatic hydroxyl groups is 1. The number of amides is 1. The van der Waals surface area contributed by atoms with E-state index in [2.05, 4.69) is 0 Å². The molecule has 2 heterocycles. The zero-order valence-electron chi connectivity index (χ0n) is 13.5. The normalized spacial score (nSPS) is 24.1. The molecule has 1 aromatic rings. The number of carbonyl (C=O) groups is 2. The van der Waals surface area contributed by atoms with E-state index in [1.165, 1.54) is 29.2 Å². The highest BCUT2D eigenvalue weighted by Crippen LogP contribution is 2.38. The number of hydrogen-bond donors (Lipinski definition) is 1. The standard InChI is InChI=1S/C18H20FNO4/c1-2-14(21)15-16(11-5-7-12(19)8-6-11)20(18(23)17(15)22)10-13-4-3-9-24-13/h5-8,13,16,22H,2-4,9-10H2,1H3. The largest absolute Gasteiger partial charge is 0.503 e. The molecule has 0 saturated carbocycles. The molecule has 1 N–H and O–H groups in total. The number of ether oxygens (including phenoxy) is 1. The average molecular weight is 333 g/mol. The van der Waals surface area contributed by atoms with Crippen LogP contribution in [0, 0.1) is 5.82 Å². The lowest BCUT2D eigenvalue weighted by Crippen LogP contribution is -2.37. The fourth-order valence-electron chi connectivity index (χ4n) is 3.32. The smallest absolute Gasteiger partial charge is 0.290 e. The number of carbonyl (C=O) groups excluding carboxylic acids is 2. The molecule has 5 nitrogen and oxygen atoms in total. The van der Waals surface area contributed by atoms with Gasteiger partial charge in [0, 0.05) is 19.6 Å². The Hall–Kier alpha value is -2.21. The first-order valence-electron chi connectivity index (χ1n) is 8.17. The quantitative estimate of drug-likeness (QED) is 0.900. The van der Waals surface area contributed by atoms with Gasteiger partial charge in [-0.3, -0.25) is 9.59 Å². The van der Waals surface area contributed by atoms with Crippen molar-refractivity contribution in [1.82, 2.24) is 4.90 Å². The van der Waals surface area contributed by atoms with Gasteiger partial charge in [-0.05, 0) is 30.5 Å². The maximum atomic E-state index is 13.2. The second-order valence-electron chi connectivity index (χ2n) is 6.09. The van der Waals surface area contributed by atoms with Crippen LogP contribution in [0.2, 0.25) is 0 Å². The minimum absolute atomic E-state index is 0.0899. The number of Topliss-reactive ketones (excluding diaryl/α,β-unsaturated/α-hetero) is 1. The molecule has 0 spiro atoms. The molecular formula is C18H20FNO4. The number of halogens is 1. The summed E-state index contributed by atoms with van der Waals surface area (Å²) < 4.78 is 18.8. The van der Waals surface area contributed by atoms with Crippen LogP contribution in [-0.4, -0.2) is 41.0 Å². The van der Waals surface area contributed by atoms with Crippen molar-refractivity contribution >= 4 is 11.7 Å². The van der Waals surface area contributed by atoms with Gasteiger partial charge < -0.3 is 14.7 Å². The lowest BCUT2D eigenvalue weighted by Gasteiger charge is -2.28. The molecule has 0 aliphatic carbocycles. The third-order valence-electron chi connectivity index (χ3n) is 4.54. The summed E-state index contributed by atoms with van der Waals surface area (Å²) in [5.74, 6) is -1.76. The highest BCUT2D eigenvalue weighted by molar-refractivity contribution is 6.08. The van der Waals surface area contributed by atoms with Crippen molar-refractivity contribution in [3.05, 3.63) is 47.0 Å². The Morgan fingerprint density at radius 2 is 2.08 bits per heavy atom. The molecule has 2 atom stereocenters. The van der Waals surface area contributed by atoms with Gasteiger partial charge in [0.1, 0.15) is 5.82 Å². The molecule has 1 saturated heterocycles. The SMILES string of the molecule is CCC(=O)C1=C(O)C(=O)N(CC2CCCO2)C1c1ccc(F)cc1. The van der Waals surface area contributed by atoms with Crippen molar-refractivity contribution < 1.29 is 23.8 Å². The summed E-state index contributed by atoms with van der Waals surface area (Å²) in [6.45, 7) is 2.62. The molecule has 0 bridgehead atoms. The third kappa shape index (κ3) is 2.94. The van der Waals surface area contributed by atoms with E-state index in [1.54, 1.807) is 6.92 Å². The molecular weight excluding hydrogens is 313 g/mol. The third-order valence-corrected chi connectivity index (χ3v) is 4.54. The lowest BCUT2D eigenvalue weighted by molar-refractivity contribution is -0.131. The molecule has 1 amide bonds. The highest BCUT2D eigenvalue weighted by Gasteiger charge is 2.43. The molecule has 0 aromatic heterocycles. The first kappa shape index (κ1) is 16.6. The van der Waals surface area contributed by atoms with Crippen molar-refractivity contribution in [2.45, 2.75) is 38.3 Å². The Morgan fingerprint density at radius 1 is 1.38 bits per heavy atom. The van der Waals surface area contributed by atoms with Gasteiger partial charge in [-0.25, -0.2) is 4.39 Å². The fraction of sp³-hybridized carbons (Fsp3) is 0.444. The van der Waals surface area contributed by atoms with E-state index < -0.39 is 23.5 Å². The van der Waals surface area contributed by atoms with Crippen molar-refractivity contribution in [3.8, 4) is 0 Å². The molecule has 3 rings (SSSR count). The minimum atomic E-state index is -0.699. The molecule has 0 radical (unpaired) electrons. The van der Waals surface area contributed by atoms with Crippen LogP contribution < -0.4 is 0 Å². The van der Waals surface area contributed by atoms with Gasteiger partial charge in [0.15, 0.2) is 11.5 Å². The molecule has 128 valence electrons. The van der Waals surface area contributed by atoms with Gasteiger partial charge in [0.2, 0.25) is 0 Å². The zero-order chi connectivity index (χ0) is 17.3. The van der Waals surface area contributed by atoms with Gasteiger partial charge in [-0.1, -0.05) is 19.1 Å². The van der Waals surface area contributed by atoms with Gasteiger partial charge in [-0.2, -0.15) is 0 Å². The Balaban J connectivity index is 1.99. The summed E-state index contributed by atoms with van der Waals surface area (Å²) in [6.07, 6.45) is 1.82. The van der Waals surface area contributed by atoms with E-state index in [4.69, 9.17) is 4.74 Å². The first-order chi connectivity index (χ1) is 11.5. The molecule has 24 heavy (non-hydrogen) atoms. The Kier molecular flexibility index (Phi) is 4.66. The second-order valence-corrected chi connectivity index (χ2v) is 6.09. The van der Waals surface area contributed by atoms with Crippen LogP contribution in [0.5, 0.6) is 0 Å². The van der Waals surface area contributed by atoms with Crippen molar-refractivity contribution in [1.29, 1.82) is 0 Å². The topological polar surface area (TPSA) is 66.8 Å². The van der Waals surface area contributed by atoms with Crippen molar-refractivity contribution in [3.63, 3.8) is 0 Å². The number of nitrogens with zero attached hydrogens (tertiary/aromatic N) is 1. The first-order valence-corrected chi connectivity index (χ1v) is 8.17.